The highest BCUT2D eigenvalue weighted by Gasteiger charge is 2.25. The predicted molar refractivity (Wildman–Crippen MR) is 151 cm³/mol. The summed E-state index contributed by atoms with van der Waals surface area (Å²) < 4.78 is 2.11. The zero-order valence-electron chi connectivity index (χ0n) is 23.1. The van der Waals surface area contributed by atoms with Crippen LogP contribution in [0.5, 0.6) is 0 Å². The number of carbonyl (C=O) groups excluding carboxylic acids is 2. The van der Waals surface area contributed by atoms with Gasteiger partial charge in [-0.05, 0) is 63.6 Å². The van der Waals surface area contributed by atoms with Crippen LogP contribution in [-0.2, 0) is 29.0 Å². The van der Waals surface area contributed by atoms with Crippen LogP contribution < -0.4 is 5.32 Å². The van der Waals surface area contributed by atoms with Crippen LogP contribution in [0.25, 0.3) is 11.0 Å². The van der Waals surface area contributed by atoms with Crippen LogP contribution in [0.4, 0.5) is 0 Å². The normalized spacial score (nSPS) is 12.9. The number of unbranched alkanes of at least 4 members (excludes halogenated alkanes) is 2. The van der Waals surface area contributed by atoms with Gasteiger partial charge in [0, 0.05) is 31.5 Å². The average Bonchev–Trinajstić information content (AvgIpc) is 3.26. The summed E-state index contributed by atoms with van der Waals surface area (Å²) >= 11 is 0. The first-order valence-corrected chi connectivity index (χ1v) is 14.0. The minimum Gasteiger partial charge on any atom is -0.356 e. The van der Waals surface area contributed by atoms with Crippen LogP contribution in [-0.4, -0.2) is 44.9 Å². The maximum Gasteiger partial charge on any atom is 0.243 e. The number of imidazole rings is 1. The largest absolute Gasteiger partial charge is 0.356 e. The fourth-order valence-electron chi connectivity index (χ4n) is 4.83. The minimum absolute atomic E-state index is 0.108. The van der Waals surface area contributed by atoms with Gasteiger partial charge in [0.25, 0.3) is 0 Å². The number of hydrogen-bond acceptors (Lipinski definition) is 3. The lowest BCUT2D eigenvalue weighted by molar-refractivity contribution is -0.136. The summed E-state index contributed by atoms with van der Waals surface area (Å²) in [5.41, 5.74) is 3.15. The second kappa shape index (κ2) is 14.6. The molecule has 0 radical (unpaired) electrons. The Kier molecular flexibility index (Phi) is 11.2. The van der Waals surface area contributed by atoms with Gasteiger partial charge >= 0.3 is 0 Å². The smallest absolute Gasteiger partial charge is 0.243 e. The van der Waals surface area contributed by atoms with Crippen molar-refractivity contribution in [3.63, 3.8) is 0 Å². The summed E-state index contributed by atoms with van der Waals surface area (Å²) in [6.45, 7) is 9.56. The van der Waals surface area contributed by atoms with Crippen molar-refractivity contribution in [1.29, 1.82) is 0 Å². The molecule has 0 bridgehead atoms. The fraction of sp³-hybridized carbons (Fsp3) is 0.516. The third-order valence-electron chi connectivity index (χ3n) is 7.33. The first kappa shape index (κ1) is 28.4. The van der Waals surface area contributed by atoms with E-state index in [2.05, 4.69) is 60.7 Å². The van der Waals surface area contributed by atoms with Crippen LogP contribution in [0.1, 0.15) is 77.6 Å². The molecule has 0 saturated carbocycles. The van der Waals surface area contributed by atoms with E-state index in [9.17, 15) is 9.59 Å². The number of para-hydroxylation sites is 2. The number of amides is 2. The Morgan fingerprint density at radius 3 is 2.27 bits per heavy atom. The van der Waals surface area contributed by atoms with Gasteiger partial charge in [0.2, 0.25) is 11.8 Å². The van der Waals surface area contributed by atoms with Crippen molar-refractivity contribution in [3.05, 3.63) is 66.0 Å². The third-order valence-corrected chi connectivity index (χ3v) is 7.33. The van der Waals surface area contributed by atoms with Crippen LogP contribution in [0.2, 0.25) is 0 Å². The van der Waals surface area contributed by atoms with E-state index in [-0.39, 0.29) is 23.9 Å². The van der Waals surface area contributed by atoms with Crippen LogP contribution >= 0.6 is 0 Å². The molecule has 2 amide bonds. The van der Waals surface area contributed by atoms with E-state index >= 15 is 0 Å². The zero-order valence-corrected chi connectivity index (χ0v) is 23.1. The van der Waals surface area contributed by atoms with E-state index < -0.39 is 0 Å². The molecule has 1 N–H and O–H groups in total. The van der Waals surface area contributed by atoms with Crippen molar-refractivity contribution in [1.82, 2.24) is 19.8 Å². The molecule has 1 heterocycles. The molecule has 6 nitrogen and oxygen atoms in total. The van der Waals surface area contributed by atoms with E-state index in [1.165, 1.54) is 5.56 Å². The van der Waals surface area contributed by atoms with Crippen molar-refractivity contribution >= 4 is 22.8 Å². The van der Waals surface area contributed by atoms with Gasteiger partial charge in [0.1, 0.15) is 12.4 Å². The fourth-order valence-corrected chi connectivity index (χ4v) is 4.83. The molecule has 0 fully saturated rings. The molecular formula is C31H44N4O2. The first-order chi connectivity index (χ1) is 17.9. The molecule has 2 unspecified atom stereocenters. The lowest BCUT2D eigenvalue weighted by Crippen LogP contribution is -2.45. The molecule has 2 aromatic carbocycles. The Morgan fingerprint density at radius 2 is 1.57 bits per heavy atom. The van der Waals surface area contributed by atoms with Crippen molar-refractivity contribution in [2.45, 2.75) is 97.7 Å². The van der Waals surface area contributed by atoms with Crippen LogP contribution in [0, 0.1) is 0 Å². The molecular weight excluding hydrogens is 460 g/mol. The predicted octanol–water partition coefficient (Wildman–Crippen LogP) is 5.92. The summed E-state index contributed by atoms with van der Waals surface area (Å²) in [6, 6.07) is 18.6. The number of carbonyl (C=O) groups is 2. The van der Waals surface area contributed by atoms with E-state index in [1.807, 2.05) is 36.4 Å². The summed E-state index contributed by atoms with van der Waals surface area (Å²) in [5, 5.41) is 3.05. The molecule has 6 heteroatoms. The number of rotatable bonds is 15. The molecule has 0 spiro atoms. The Morgan fingerprint density at radius 1 is 0.892 bits per heavy atom. The number of benzene rings is 2. The molecule has 3 rings (SSSR count). The maximum atomic E-state index is 13.5. The Labute approximate surface area is 222 Å². The van der Waals surface area contributed by atoms with Gasteiger partial charge in [0.05, 0.1) is 11.0 Å². The summed E-state index contributed by atoms with van der Waals surface area (Å²) in [7, 11) is 0. The van der Waals surface area contributed by atoms with E-state index in [1.54, 1.807) is 0 Å². The van der Waals surface area contributed by atoms with Crippen molar-refractivity contribution in [2.24, 2.45) is 0 Å². The molecule has 0 aliphatic heterocycles. The molecule has 37 heavy (non-hydrogen) atoms. The number of aryl methyl sites for hydroxylation is 2. The van der Waals surface area contributed by atoms with Crippen molar-refractivity contribution in [2.75, 3.05) is 6.54 Å². The van der Waals surface area contributed by atoms with Crippen molar-refractivity contribution in [3.8, 4) is 0 Å². The second-order valence-electron chi connectivity index (χ2n) is 10.1. The first-order valence-electron chi connectivity index (χ1n) is 14.0. The van der Waals surface area contributed by atoms with Gasteiger partial charge < -0.3 is 14.8 Å². The van der Waals surface area contributed by atoms with Crippen LogP contribution in [0.3, 0.4) is 0 Å². The highest BCUT2D eigenvalue weighted by atomic mass is 16.2. The SMILES string of the molecule is CCC(C)N(C(=O)Cn1c(CCCCCNC(=O)CCc2ccccc2)nc2ccccc21)C(C)CC. The average molecular weight is 505 g/mol. The Balaban J connectivity index is 1.52. The molecule has 1 aromatic heterocycles. The highest BCUT2D eigenvalue weighted by Crippen LogP contribution is 2.20. The van der Waals surface area contributed by atoms with Gasteiger partial charge in [-0.3, -0.25) is 9.59 Å². The second-order valence-corrected chi connectivity index (χ2v) is 10.1. The van der Waals surface area contributed by atoms with Gasteiger partial charge in [0.15, 0.2) is 0 Å². The molecule has 0 aliphatic rings. The standard InChI is InChI=1S/C31H44N4O2/c1-5-24(3)35(25(4)6-2)31(37)23-34-28-18-13-12-17-27(28)33-29(34)19-11-8-14-22-32-30(36)21-20-26-15-9-7-10-16-26/h7,9-10,12-13,15-18,24-25H,5-6,8,11,14,19-23H2,1-4H3,(H,32,36). The number of hydrogen-bond donors (Lipinski definition) is 1. The molecule has 0 saturated heterocycles. The topological polar surface area (TPSA) is 67.2 Å². The monoisotopic (exact) mass is 504 g/mol. The molecule has 0 aliphatic carbocycles. The summed E-state index contributed by atoms with van der Waals surface area (Å²) in [6.07, 6.45) is 6.90. The number of nitrogens with one attached hydrogen (secondary N) is 1. The number of nitrogens with zero attached hydrogens (tertiary/aromatic N) is 3. The van der Waals surface area contributed by atoms with Gasteiger partial charge in [-0.15, -0.1) is 0 Å². The zero-order chi connectivity index (χ0) is 26.6. The Hall–Kier alpha value is -3.15. The molecule has 200 valence electrons. The van der Waals surface area contributed by atoms with Gasteiger partial charge in [-0.1, -0.05) is 62.7 Å². The van der Waals surface area contributed by atoms with Crippen molar-refractivity contribution < 1.29 is 9.59 Å². The van der Waals surface area contributed by atoms with E-state index in [4.69, 9.17) is 4.98 Å². The van der Waals surface area contributed by atoms with Gasteiger partial charge in [-0.25, -0.2) is 4.98 Å². The number of fused-ring (bicyclic) bond motifs is 1. The summed E-state index contributed by atoms with van der Waals surface area (Å²) in [4.78, 5) is 32.5. The Bertz CT molecular complexity index is 1110. The lowest BCUT2D eigenvalue weighted by atomic mass is 10.1. The van der Waals surface area contributed by atoms with Crippen LogP contribution in [0.15, 0.2) is 54.6 Å². The maximum absolute atomic E-state index is 13.5. The molecule has 2 atom stereocenters. The quantitative estimate of drug-likeness (QED) is 0.261. The van der Waals surface area contributed by atoms with E-state index in [0.717, 1.165) is 61.8 Å². The van der Waals surface area contributed by atoms with E-state index in [0.29, 0.717) is 19.5 Å². The van der Waals surface area contributed by atoms with Gasteiger partial charge in [-0.2, -0.15) is 0 Å². The highest BCUT2D eigenvalue weighted by molar-refractivity contribution is 5.81. The molecule has 3 aromatic rings. The third kappa shape index (κ3) is 8.17. The number of aromatic nitrogens is 2. The summed E-state index contributed by atoms with van der Waals surface area (Å²) in [5.74, 6) is 1.23. The lowest BCUT2D eigenvalue weighted by Gasteiger charge is -2.34. The minimum atomic E-state index is 0.108.